The summed E-state index contributed by atoms with van der Waals surface area (Å²) in [4.78, 5) is 31.1. The summed E-state index contributed by atoms with van der Waals surface area (Å²) >= 11 is 1.34. The Balaban J connectivity index is 1.67. The minimum atomic E-state index is -0.456. The van der Waals surface area contributed by atoms with Gasteiger partial charge in [0.25, 0.3) is 0 Å². The number of carbonyl (C=O) groups excluding carboxylic acids is 2. The third-order valence-corrected chi connectivity index (χ3v) is 5.94. The summed E-state index contributed by atoms with van der Waals surface area (Å²) in [7, 11) is 1.70. The third-order valence-electron chi connectivity index (χ3n) is 4.72. The van der Waals surface area contributed by atoms with E-state index in [4.69, 9.17) is 0 Å². The Bertz CT molecular complexity index is 906. The number of anilines is 1. The van der Waals surface area contributed by atoms with Crippen molar-refractivity contribution in [3.05, 3.63) is 59.7 Å². The zero-order valence-electron chi connectivity index (χ0n) is 16.6. The zero-order valence-corrected chi connectivity index (χ0v) is 17.4. The molecular formula is C22H25N3O2S. The molecule has 3 rings (SSSR count). The van der Waals surface area contributed by atoms with Crippen LogP contribution >= 0.6 is 11.8 Å². The summed E-state index contributed by atoms with van der Waals surface area (Å²) in [5.41, 5.74) is 3.82. The third kappa shape index (κ3) is 4.62. The highest BCUT2D eigenvalue weighted by molar-refractivity contribution is 8.15. The molecule has 0 bridgehead atoms. The van der Waals surface area contributed by atoms with E-state index in [0.717, 1.165) is 16.9 Å². The van der Waals surface area contributed by atoms with E-state index in [1.54, 1.807) is 7.05 Å². The van der Waals surface area contributed by atoms with E-state index < -0.39 is 5.25 Å². The Hall–Kier alpha value is -2.60. The Labute approximate surface area is 170 Å². The van der Waals surface area contributed by atoms with Gasteiger partial charge < -0.3 is 5.32 Å². The van der Waals surface area contributed by atoms with Gasteiger partial charge in [-0.05, 0) is 42.2 Å². The molecule has 1 aliphatic rings. The highest BCUT2D eigenvalue weighted by Gasteiger charge is 2.37. The van der Waals surface area contributed by atoms with Crippen LogP contribution in [0.1, 0.15) is 37.3 Å². The lowest BCUT2D eigenvalue weighted by Crippen LogP contribution is -2.30. The summed E-state index contributed by atoms with van der Waals surface area (Å²) < 4.78 is 0. The second-order valence-electron chi connectivity index (χ2n) is 7.21. The molecule has 0 unspecified atom stereocenters. The molecule has 2 aromatic rings. The van der Waals surface area contributed by atoms with Crippen LogP contribution in [0, 0.1) is 6.92 Å². The predicted molar refractivity (Wildman–Crippen MR) is 116 cm³/mol. The molecule has 2 aromatic carbocycles. The van der Waals surface area contributed by atoms with Gasteiger partial charge in [0, 0.05) is 19.2 Å². The van der Waals surface area contributed by atoms with Crippen LogP contribution in [0.2, 0.25) is 0 Å². The maximum absolute atomic E-state index is 12.5. The number of aliphatic imine (C=N–C) groups is 1. The van der Waals surface area contributed by atoms with Crippen LogP contribution in [0.15, 0.2) is 53.5 Å². The topological polar surface area (TPSA) is 61.8 Å². The van der Waals surface area contributed by atoms with Crippen LogP contribution in [0.3, 0.4) is 0 Å². The molecule has 0 saturated carbocycles. The first-order valence-electron chi connectivity index (χ1n) is 9.33. The minimum absolute atomic E-state index is 0.0949. The van der Waals surface area contributed by atoms with Gasteiger partial charge in [0.15, 0.2) is 5.17 Å². The zero-order chi connectivity index (χ0) is 20.3. The van der Waals surface area contributed by atoms with Crippen LogP contribution in [0.4, 0.5) is 11.4 Å². The van der Waals surface area contributed by atoms with Crippen molar-refractivity contribution in [1.29, 1.82) is 0 Å². The second kappa shape index (κ2) is 8.61. The normalized spacial score (nSPS) is 18.2. The van der Waals surface area contributed by atoms with Gasteiger partial charge in [-0.1, -0.05) is 55.9 Å². The van der Waals surface area contributed by atoms with Crippen LogP contribution in [-0.4, -0.2) is 34.2 Å². The molecule has 0 aromatic heterocycles. The number of nitrogens with one attached hydrogen (secondary N) is 1. The SMILES string of the molecule is Cc1ccccc1NC(=O)C[C@@H]1SC(=Nc2ccc(C(C)C)cc2)N(C)C1=O. The lowest BCUT2D eigenvalue weighted by molar-refractivity contribution is -0.127. The number of hydrogen-bond donors (Lipinski definition) is 1. The first kappa shape index (κ1) is 20.1. The molecule has 6 heteroatoms. The first-order valence-corrected chi connectivity index (χ1v) is 10.2. The van der Waals surface area contributed by atoms with E-state index in [1.807, 2.05) is 43.3 Å². The van der Waals surface area contributed by atoms with Gasteiger partial charge in [0.2, 0.25) is 11.8 Å². The van der Waals surface area contributed by atoms with Crippen molar-refractivity contribution in [3.63, 3.8) is 0 Å². The molecule has 1 saturated heterocycles. The Morgan fingerprint density at radius 2 is 1.86 bits per heavy atom. The summed E-state index contributed by atoms with van der Waals surface area (Å²) in [6.07, 6.45) is 0.119. The van der Waals surface area contributed by atoms with Gasteiger partial charge in [-0.2, -0.15) is 0 Å². The standard InChI is InChI=1S/C22H25N3O2S/c1-14(2)16-9-11-17(12-10-16)23-22-25(4)21(27)19(28-22)13-20(26)24-18-8-6-5-7-15(18)3/h5-12,14,19H,13H2,1-4H3,(H,24,26)/t19-/m0/s1. The van der Waals surface area contributed by atoms with E-state index in [1.165, 1.54) is 22.2 Å². The lowest BCUT2D eigenvalue weighted by Gasteiger charge is -2.10. The number of para-hydroxylation sites is 1. The smallest absolute Gasteiger partial charge is 0.242 e. The fourth-order valence-corrected chi connectivity index (χ4v) is 4.08. The van der Waals surface area contributed by atoms with Gasteiger partial charge in [0.1, 0.15) is 5.25 Å². The van der Waals surface area contributed by atoms with Crippen molar-refractivity contribution in [1.82, 2.24) is 4.90 Å². The van der Waals surface area contributed by atoms with E-state index in [-0.39, 0.29) is 18.2 Å². The highest BCUT2D eigenvalue weighted by Crippen LogP contribution is 2.31. The van der Waals surface area contributed by atoms with Crippen molar-refractivity contribution >= 4 is 40.1 Å². The number of nitrogens with zero attached hydrogens (tertiary/aromatic N) is 2. The van der Waals surface area contributed by atoms with Crippen molar-refractivity contribution in [2.45, 2.75) is 38.4 Å². The van der Waals surface area contributed by atoms with Gasteiger partial charge in [-0.3, -0.25) is 14.5 Å². The number of amides is 2. The molecule has 0 spiro atoms. The van der Waals surface area contributed by atoms with Crippen molar-refractivity contribution in [3.8, 4) is 0 Å². The van der Waals surface area contributed by atoms with E-state index in [2.05, 4.69) is 36.3 Å². The Kier molecular flexibility index (Phi) is 6.19. The molecule has 0 radical (unpaired) electrons. The number of benzene rings is 2. The summed E-state index contributed by atoms with van der Waals surface area (Å²) in [6, 6.07) is 15.6. The number of carbonyl (C=O) groups is 2. The molecule has 1 N–H and O–H groups in total. The molecular weight excluding hydrogens is 370 g/mol. The van der Waals surface area contributed by atoms with Crippen LogP contribution < -0.4 is 5.32 Å². The Morgan fingerprint density at radius 1 is 1.18 bits per heavy atom. The molecule has 1 fully saturated rings. The quantitative estimate of drug-likeness (QED) is 0.798. The second-order valence-corrected chi connectivity index (χ2v) is 8.38. The average Bonchev–Trinajstić information content (AvgIpc) is 2.92. The highest BCUT2D eigenvalue weighted by atomic mass is 32.2. The molecule has 0 aliphatic carbocycles. The van der Waals surface area contributed by atoms with Crippen molar-refractivity contribution in [2.24, 2.45) is 4.99 Å². The molecule has 1 heterocycles. The lowest BCUT2D eigenvalue weighted by atomic mass is 10.0. The maximum atomic E-state index is 12.5. The summed E-state index contributed by atoms with van der Waals surface area (Å²) in [5, 5.41) is 3.06. The molecule has 146 valence electrons. The van der Waals surface area contributed by atoms with Crippen LogP contribution in [-0.2, 0) is 9.59 Å². The predicted octanol–water partition coefficient (Wildman–Crippen LogP) is 4.71. The summed E-state index contributed by atoms with van der Waals surface area (Å²) in [6.45, 7) is 6.23. The summed E-state index contributed by atoms with van der Waals surface area (Å²) in [5.74, 6) is 0.196. The number of hydrogen-bond acceptors (Lipinski definition) is 4. The number of aryl methyl sites for hydroxylation is 1. The van der Waals surface area contributed by atoms with Gasteiger partial charge in [0.05, 0.1) is 5.69 Å². The molecule has 1 atom stereocenters. The molecule has 28 heavy (non-hydrogen) atoms. The van der Waals surface area contributed by atoms with E-state index in [0.29, 0.717) is 11.1 Å². The average molecular weight is 396 g/mol. The monoisotopic (exact) mass is 395 g/mol. The van der Waals surface area contributed by atoms with Crippen molar-refractivity contribution in [2.75, 3.05) is 12.4 Å². The van der Waals surface area contributed by atoms with E-state index in [9.17, 15) is 9.59 Å². The van der Waals surface area contributed by atoms with Crippen molar-refractivity contribution < 1.29 is 9.59 Å². The maximum Gasteiger partial charge on any atom is 0.242 e. The molecule has 5 nitrogen and oxygen atoms in total. The van der Waals surface area contributed by atoms with E-state index >= 15 is 0 Å². The number of amidine groups is 1. The van der Waals surface area contributed by atoms with Gasteiger partial charge in [-0.15, -0.1) is 0 Å². The molecule has 1 aliphatic heterocycles. The Morgan fingerprint density at radius 3 is 2.50 bits per heavy atom. The number of rotatable bonds is 5. The molecule has 2 amide bonds. The van der Waals surface area contributed by atoms with Gasteiger partial charge in [-0.25, -0.2) is 4.99 Å². The van der Waals surface area contributed by atoms with Crippen LogP contribution in [0.5, 0.6) is 0 Å². The van der Waals surface area contributed by atoms with Gasteiger partial charge >= 0.3 is 0 Å². The first-order chi connectivity index (χ1) is 13.3. The fourth-order valence-electron chi connectivity index (χ4n) is 2.92. The largest absolute Gasteiger partial charge is 0.326 e. The van der Waals surface area contributed by atoms with Crippen LogP contribution in [0.25, 0.3) is 0 Å². The minimum Gasteiger partial charge on any atom is -0.326 e. The number of thioether (sulfide) groups is 1. The fraction of sp³-hybridized carbons (Fsp3) is 0.318.